The van der Waals surface area contributed by atoms with Crippen LogP contribution in [0, 0.1) is 5.92 Å². The van der Waals surface area contributed by atoms with Gasteiger partial charge in [0.2, 0.25) is 10.0 Å². The van der Waals surface area contributed by atoms with Crippen LogP contribution in [0.4, 0.5) is 11.4 Å². The zero-order valence-electron chi connectivity index (χ0n) is 10.9. The molecule has 2 N–H and O–H groups in total. The van der Waals surface area contributed by atoms with E-state index in [1.807, 2.05) is 0 Å². The van der Waals surface area contributed by atoms with Crippen LogP contribution in [0.25, 0.3) is 0 Å². The van der Waals surface area contributed by atoms with Crippen LogP contribution in [0.2, 0.25) is 5.02 Å². The number of anilines is 2. The molecule has 0 atom stereocenters. The molecule has 1 fully saturated rings. The van der Waals surface area contributed by atoms with Gasteiger partial charge >= 0.3 is 0 Å². The van der Waals surface area contributed by atoms with Gasteiger partial charge in [-0.2, -0.15) is 0 Å². The second-order valence-electron chi connectivity index (χ2n) is 5.10. The number of rotatable bonds is 5. The number of hydrogen-bond acceptors (Lipinski definition) is 3. The fraction of sp³-hybridized carbons (Fsp3) is 0.538. The fourth-order valence-corrected chi connectivity index (χ4v) is 3.15. The van der Waals surface area contributed by atoms with Crippen molar-refractivity contribution < 1.29 is 8.42 Å². The second-order valence-corrected chi connectivity index (χ2v) is 7.26. The van der Waals surface area contributed by atoms with Gasteiger partial charge < -0.3 is 5.32 Å². The van der Waals surface area contributed by atoms with Crippen LogP contribution < -0.4 is 10.0 Å². The first-order valence-electron chi connectivity index (χ1n) is 6.45. The number of benzene rings is 1. The first kappa shape index (κ1) is 14.5. The van der Waals surface area contributed by atoms with Crippen molar-refractivity contribution in [2.45, 2.75) is 25.7 Å². The van der Waals surface area contributed by atoms with Crippen molar-refractivity contribution in [2.75, 3.05) is 22.8 Å². The summed E-state index contributed by atoms with van der Waals surface area (Å²) in [5, 5.41) is 3.92. The summed E-state index contributed by atoms with van der Waals surface area (Å²) < 4.78 is 24.8. The molecule has 0 aromatic heterocycles. The molecule has 0 spiro atoms. The van der Waals surface area contributed by atoms with Gasteiger partial charge in [-0.15, -0.1) is 0 Å². The summed E-state index contributed by atoms with van der Waals surface area (Å²) in [4.78, 5) is 0. The standard InChI is InChI=1S/C13H19ClN2O2S/c1-19(17,18)16-11-6-7-12(14)13(8-11)15-9-10-4-2-3-5-10/h6-8,10,15-16H,2-5,9H2,1H3. The van der Waals surface area contributed by atoms with Crippen molar-refractivity contribution in [3.8, 4) is 0 Å². The molecular weight excluding hydrogens is 284 g/mol. The average molecular weight is 303 g/mol. The number of nitrogens with one attached hydrogen (secondary N) is 2. The zero-order valence-corrected chi connectivity index (χ0v) is 12.5. The van der Waals surface area contributed by atoms with E-state index >= 15 is 0 Å². The van der Waals surface area contributed by atoms with E-state index in [9.17, 15) is 8.42 Å². The van der Waals surface area contributed by atoms with Gasteiger partial charge in [-0.05, 0) is 37.0 Å². The van der Waals surface area contributed by atoms with Gasteiger partial charge in [0, 0.05) is 6.54 Å². The zero-order chi connectivity index (χ0) is 13.9. The molecule has 1 aliphatic rings. The molecule has 106 valence electrons. The summed E-state index contributed by atoms with van der Waals surface area (Å²) in [5.41, 5.74) is 1.31. The van der Waals surface area contributed by atoms with E-state index in [0.29, 0.717) is 16.6 Å². The minimum Gasteiger partial charge on any atom is -0.384 e. The smallest absolute Gasteiger partial charge is 0.229 e. The van der Waals surface area contributed by atoms with Crippen molar-refractivity contribution in [3.05, 3.63) is 23.2 Å². The molecule has 1 aromatic rings. The van der Waals surface area contributed by atoms with E-state index in [0.717, 1.165) is 18.5 Å². The molecule has 2 rings (SSSR count). The lowest BCUT2D eigenvalue weighted by molar-refractivity contribution is 0.580. The number of hydrogen-bond donors (Lipinski definition) is 2. The quantitative estimate of drug-likeness (QED) is 0.877. The Labute approximate surface area is 119 Å². The third-order valence-electron chi connectivity index (χ3n) is 3.33. The molecule has 1 saturated carbocycles. The lowest BCUT2D eigenvalue weighted by atomic mass is 10.1. The van der Waals surface area contributed by atoms with Crippen molar-refractivity contribution >= 4 is 33.0 Å². The number of sulfonamides is 1. The van der Waals surface area contributed by atoms with Gasteiger partial charge in [0.1, 0.15) is 0 Å². The van der Waals surface area contributed by atoms with Crippen LogP contribution >= 0.6 is 11.6 Å². The molecule has 0 saturated heterocycles. The summed E-state index contributed by atoms with van der Waals surface area (Å²) in [6.07, 6.45) is 6.25. The molecule has 6 heteroatoms. The Morgan fingerprint density at radius 1 is 1.32 bits per heavy atom. The van der Waals surface area contributed by atoms with Gasteiger partial charge in [-0.25, -0.2) is 8.42 Å². The van der Waals surface area contributed by atoms with E-state index in [1.165, 1.54) is 25.7 Å². The van der Waals surface area contributed by atoms with E-state index in [2.05, 4.69) is 10.0 Å². The van der Waals surface area contributed by atoms with E-state index < -0.39 is 10.0 Å². The Balaban J connectivity index is 2.04. The monoisotopic (exact) mass is 302 g/mol. The predicted molar refractivity (Wildman–Crippen MR) is 80.4 cm³/mol. The van der Waals surface area contributed by atoms with Crippen LogP contribution in [0.1, 0.15) is 25.7 Å². The first-order chi connectivity index (χ1) is 8.94. The van der Waals surface area contributed by atoms with Gasteiger partial charge in [-0.3, -0.25) is 4.72 Å². The van der Waals surface area contributed by atoms with Gasteiger partial charge in [-0.1, -0.05) is 24.4 Å². The Morgan fingerprint density at radius 3 is 2.63 bits per heavy atom. The molecule has 0 aliphatic heterocycles. The largest absolute Gasteiger partial charge is 0.384 e. The van der Waals surface area contributed by atoms with Gasteiger partial charge in [0.05, 0.1) is 22.7 Å². The summed E-state index contributed by atoms with van der Waals surface area (Å²) in [6, 6.07) is 5.09. The molecule has 0 amide bonds. The topological polar surface area (TPSA) is 58.2 Å². The second kappa shape index (κ2) is 6.01. The number of halogens is 1. The Hall–Kier alpha value is -0.940. The highest BCUT2D eigenvalue weighted by Crippen LogP contribution is 2.29. The summed E-state index contributed by atoms with van der Waals surface area (Å²) in [6.45, 7) is 0.891. The lowest BCUT2D eigenvalue weighted by Crippen LogP contribution is -2.12. The molecule has 4 nitrogen and oxygen atoms in total. The van der Waals surface area contributed by atoms with E-state index in [-0.39, 0.29) is 0 Å². The maximum Gasteiger partial charge on any atom is 0.229 e. The molecule has 1 aliphatic carbocycles. The third kappa shape index (κ3) is 4.58. The highest BCUT2D eigenvalue weighted by Gasteiger charge is 2.15. The first-order valence-corrected chi connectivity index (χ1v) is 8.72. The minimum atomic E-state index is -3.26. The van der Waals surface area contributed by atoms with Crippen molar-refractivity contribution in [2.24, 2.45) is 5.92 Å². The minimum absolute atomic E-state index is 0.529. The Kier molecular flexibility index (Phi) is 4.58. The third-order valence-corrected chi connectivity index (χ3v) is 4.26. The van der Waals surface area contributed by atoms with Crippen LogP contribution in [0.3, 0.4) is 0 Å². The van der Waals surface area contributed by atoms with Crippen molar-refractivity contribution in [3.63, 3.8) is 0 Å². The lowest BCUT2D eigenvalue weighted by Gasteiger charge is -2.14. The summed E-state index contributed by atoms with van der Waals surface area (Å²) in [5.74, 6) is 0.697. The van der Waals surface area contributed by atoms with Crippen LogP contribution in [0.15, 0.2) is 18.2 Å². The molecule has 1 aromatic carbocycles. The van der Waals surface area contributed by atoms with Crippen LogP contribution in [0.5, 0.6) is 0 Å². The molecule has 0 unspecified atom stereocenters. The summed E-state index contributed by atoms with van der Waals surface area (Å²) >= 11 is 6.11. The normalized spacial score (nSPS) is 16.5. The predicted octanol–water partition coefficient (Wildman–Crippen LogP) is 3.31. The highest BCUT2D eigenvalue weighted by atomic mass is 35.5. The van der Waals surface area contributed by atoms with E-state index in [4.69, 9.17) is 11.6 Å². The maximum absolute atomic E-state index is 11.2. The molecular formula is C13H19ClN2O2S. The molecule has 19 heavy (non-hydrogen) atoms. The summed E-state index contributed by atoms with van der Waals surface area (Å²) in [7, 11) is -3.26. The maximum atomic E-state index is 11.2. The Bertz CT molecular complexity index is 540. The molecule has 0 bridgehead atoms. The fourth-order valence-electron chi connectivity index (χ4n) is 2.41. The van der Waals surface area contributed by atoms with Gasteiger partial charge in [0.25, 0.3) is 0 Å². The van der Waals surface area contributed by atoms with Crippen LogP contribution in [-0.4, -0.2) is 21.2 Å². The molecule has 0 heterocycles. The highest BCUT2D eigenvalue weighted by molar-refractivity contribution is 7.92. The molecule has 0 radical (unpaired) electrons. The average Bonchev–Trinajstić information content (AvgIpc) is 2.81. The van der Waals surface area contributed by atoms with Crippen LogP contribution in [-0.2, 0) is 10.0 Å². The van der Waals surface area contributed by atoms with Crippen molar-refractivity contribution in [1.82, 2.24) is 0 Å². The van der Waals surface area contributed by atoms with Crippen molar-refractivity contribution in [1.29, 1.82) is 0 Å². The SMILES string of the molecule is CS(=O)(=O)Nc1ccc(Cl)c(NCC2CCCC2)c1. The van der Waals surface area contributed by atoms with Gasteiger partial charge in [0.15, 0.2) is 0 Å². The van der Waals surface area contributed by atoms with E-state index in [1.54, 1.807) is 18.2 Å². The Morgan fingerprint density at radius 2 is 2.00 bits per heavy atom.